The van der Waals surface area contributed by atoms with Crippen molar-refractivity contribution in [1.82, 2.24) is 4.90 Å². The minimum atomic E-state index is -0.312. The Hall–Kier alpha value is -2.06. The summed E-state index contributed by atoms with van der Waals surface area (Å²) in [6.45, 7) is 8.62. The first kappa shape index (κ1) is 18.7. The molecule has 0 amide bonds. The number of anilines is 1. The molecule has 2 fully saturated rings. The molecule has 1 aromatic rings. The first-order chi connectivity index (χ1) is 12.6. The van der Waals surface area contributed by atoms with Crippen LogP contribution in [0.3, 0.4) is 0 Å². The molecule has 3 rings (SSSR count). The molecule has 1 aliphatic heterocycles. The maximum Gasteiger partial charge on any atom is 0.338 e. The summed E-state index contributed by atoms with van der Waals surface area (Å²) in [5.41, 5.74) is 1.72. The van der Waals surface area contributed by atoms with Crippen molar-refractivity contribution in [2.24, 2.45) is 5.92 Å². The molecule has 1 saturated carbocycles. The Kier molecular flexibility index (Phi) is 6.16. The quantitative estimate of drug-likeness (QED) is 0.774. The van der Waals surface area contributed by atoms with Crippen LogP contribution in [0.4, 0.5) is 5.69 Å². The summed E-state index contributed by atoms with van der Waals surface area (Å²) in [6.07, 6.45) is 3.44. The second-order valence-electron chi connectivity index (χ2n) is 7.63. The average Bonchev–Trinajstić information content (AvgIpc) is 2.68. The van der Waals surface area contributed by atoms with E-state index in [-0.39, 0.29) is 18.0 Å². The van der Waals surface area contributed by atoms with E-state index in [9.17, 15) is 10.1 Å². The number of rotatable bonds is 4. The second-order valence-corrected chi connectivity index (χ2v) is 7.63. The van der Waals surface area contributed by atoms with Gasteiger partial charge in [-0.15, -0.1) is 0 Å². The van der Waals surface area contributed by atoms with Crippen molar-refractivity contribution < 1.29 is 9.53 Å². The van der Waals surface area contributed by atoms with E-state index in [4.69, 9.17) is 4.74 Å². The van der Waals surface area contributed by atoms with Crippen molar-refractivity contribution >= 4 is 11.7 Å². The number of ether oxygens (including phenoxy) is 1. The molecule has 0 aromatic heterocycles. The van der Waals surface area contributed by atoms with Crippen LogP contribution in [0.2, 0.25) is 0 Å². The summed E-state index contributed by atoms with van der Waals surface area (Å²) < 4.78 is 5.62. The number of piperazine rings is 1. The van der Waals surface area contributed by atoms with Gasteiger partial charge < -0.3 is 9.64 Å². The van der Waals surface area contributed by atoms with E-state index in [1.165, 1.54) is 0 Å². The van der Waals surface area contributed by atoms with E-state index in [2.05, 4.69) is 29.7 Å². The van der Waals surface area contributed by atoms with Crippen LogP contribution in [-0.2, 0) is 4.74 Å². The lowest BCUT2D eigenvalue weighted by Gasteiger charge is -2.38. The van der Waals surface area contributed by atoms with Crippen molar-refractivity contribution in [2.75, 3.05) is 31.1 Å². The third-order valence-corrected chi connectivity index (χ3v) is 5.64. The Balaban J connectivity index is 1.57. The normalized spacial score (nSPS) is 24.3. The molecule has 1 heterocycles. The molecular weight excluding hydrogens is 326 g/mol. The lowest BCUT2D eigenvalue weighted by molar-refractivity contribution is 0.0107. The van der Waals surface area contributed by atoms with Crippen molar-refractivity contribution in [2.45, 2.75) is 51.7 Å². The van der Waals surface area contributed by atoms with E-state index in [1.807, 2.05) is 24.3 Å². The minimum Gasteiger partial charge on any atom is -0.457 e. The van der Waals surface area contributed by atoms with Crippen LogP contribution in [0, 0.1) is 17.2 Å². The predicted octanol–water partition coefficient (Wildman–Crippen LogP) is 3.46. The summed E-state index contributed by atoms with van der Waals surface area (Å²) in [6, 6.07) is 10.6. The zero-order valence-corrected chi connectivity index (χ0v) is 15.9. The van der Waals surface area contributed by atoms with Crippen LogP contribution in [0.25, 0.3) is 0 Å². The van der Waals surface area contributed by atoms with Gasteiger partial charge in [0.2, 0.25) is 0 Å². The van der Waals surface area contributed by atoms with Gasteiger partial charge in [-0.2, -0.15) is 5.26 Å². The van der Waals surface area contributed by atoms with Crippen LogP contribution in [0.15, 0.2) is 24.3 Å². The first-order valence-corrected chi connectivity index (χ1v) is 9.78. The molecular formula is C21H29N3O2. The molecule has 1 aromatic carbocycles. The van der Waals surface area contributed by atoms with Crippen molar-refractivity contribution in [3.05, 3.63) is 29.8 Å². The van der Waals surface area contributed by atoms with Crippen LogP contribution >= 0.6 is 0 Å². The van der Waals surface area contributed by atoms with Gasteiger partial charge in [0.1, 0.15) is 6.10 Å². The van der Waals surface area contributed by atoms with Gasteiger partial charge in [0, 0.05) is 37.9 Å². The number of esters is 1. The lowest BCUT2D eigenvalue weighted by atomic mass is 9.87. The number of hydrogen-bond acceptors (Lipinski definition) is 5. The molecule has 2 atom stereocenters. The van der Waals surface area contributed by atoms with Gasteiger partial charge in [-0.3, -0.25) is 4.90 Å². The number of carbonyl (C=O) groups excluding carboxylic acids is 1. The number of hydrogen-bond donors (Lipinski definition) is 0. The molecule has 2 aliphatic rings. The number of nitriles is 1. The summed E-state index contributed by atoms with van der Waals surface area (Å²) >= 11 is 0. The summed E-state index contributed by atoms with van der Waals surface area (Å²) in [5, 5.41) is 9.23. The first-order valence-electron chi connectivity index (χ1n) is 9.78. The maximum atomic E-state index is 12.4. The highest BCUT2D eigenvalue weighted by atomic mass is 16.5. The van der Waals surface area contributed by atoms with E-state index >= 15 is 0 Å². The Morgan fingerprint density at radius 2 is 1.77 bits per heavy atom. The third kappa shape index (κ3) is 4.37. The van der Waals surface area contributed by atoms with Crippen molar-refractivity contribution in [3.63, 3.8) is 0 Å². The smallest absolute Gasteiger partial charge is 0.338 e. The van der Waals surface area contributed by atoms with Crippen LogP contribution in [0.1, 0.15) is 49.9 Å². The average molecular weight is 355 g/mol. The minimum absolute atomic E-state index is 0.163. The number of nitrogens with zero attached hydrogens (tertiary/aromatic N) is 3. The highest BCUT2D eigenvalue weighted by Gasteiger charge is 2.28. The van der Waals surface area contributed by atoms with Gasteiger partial charge >= 0.3 is 5.97 Å². The highest BCUT2D eigenvalue weighted by Crippen LogP contribution is 2.27. The SMILES string of the molecule is CC(C)N1CCN(c2ccc(C(=O)OC3CCCCC3C#N)cc2)CC1. The van der Waals surface area contributed by atoms with Gasteiger partial charge in [0.15, 0.2) is 0 Å². The van der Waals surface area contributed by atoms with Crippen molar-refractivity contribution in [1.29, 1.82) is 5.26 Å². The zero-order chi connectivity index (χ0) is 18.5. The van der Waals surface area contributed by atoms with E-state index in [1.54, 1.807) is 0 Å². The predicted molar refractivity (Wildman–Crippen MR) is 102 cm³/mol. The molecule has 0 spiro atoms. The van der Waals surface area contributed by atoms with E-state index in [0.29, 0.717) is 11.6 Å². The molecule has 140 valence electrons. The van der Waals surface area contributed by atoms with Gasteiger partial charge in [-0.1, -0.05) is 6.42 Å². The van der Waals surface area contributed by atoms with E-state index in [0.717, 1.165) is 57.5 Å². The fourth-order valence-corrected chi connectivity index (χ4v) is 3.90. The lowest BCUT2D eigenvalue weighted by Crippen LogP contribution is -2.48. The largest absolute Gasteiger partial charge is 0.457 e. The fourth-order valence-electron chi connectivity index (χ4n) is 3.90. The van der Waals surface area contributed by atoms with Gasteiger partial charge in [0.05, 0.1) is 17.6 Å². The molecule has 5 nitrogen and oxygen atoms in total. The molecule has 0 N–H and O–H groups in total. The van der Waals surface area contributed by atoms with Crippen LogP contribution in [-0.4, -0.2) is 49.2 Å². The molecule has 0 bridgehead atoms. The molecule has 5 heteroatoms. The van der Waals surface area contributed by atoms with Crippen LogP contribution in [0.5, 0.6) is 0 Å². The topological polar surface area (TPSA) is 56.6 Å². The number of carbonyl (C=O) groups is 1. The second kappa shape index (κ2) is 8.55. The van der Waals surface area contributed by atoms with Crippen LogP contribution < -0.4 is 4.90 Å². The van der Waals surface area contributed by atoms with E-state index < -0.39 is 0 Å². The van der Waals surface area contributed by atoms with Gasteiger partial charge in [-0.05, 0) is 57.4 Å². The molecule has 1 aliphatic carbocycles. The summed E-state index contributed by atoms with van der Waals surface area (Å²) in [5.74, 6) is -0.474. The summed E-state index contributed by atoms with van der Waals surface area (Å²) in [4.78, 5) is 17.3. The Morgan fingerprint density at radius 1 is 1.12 bits per heavy atom. The standard InChI is InChI=1S/C21H29N3O2/c1-16(2)23-11-13-24(14-12-23)19-9-7-17(8-10-19)21(25)26-20-6-4-3-5-18(20)15-22/h7-10,16,18,20H,3-6,11-14H2,1-2H3. The summed E-state index contributed by atoms with van der Waals surface area (Å²) in [7, 11) is 0. The molecule has 1 saturated heterocycles. The Bertz CT molecular complexity index is 642. The van der Waals surface area contributed by atoms with Crippen molar-refractivity contribution in [3.8, 4) is 6.07 Å². The van der Waals surface area contributed by atoms with Gasteiger partial charge in [-0.25, -0.2) is 4.79 Å². The Labute approximate surface area is 156 Å². The zero-order valence-electron chi connectivity index (χ0n) is 15.9. The third-order valence-electron chi connectivity index (χ3n) is 5.64. The molecule has 2 unspecified atom stereocenters. The molecule has 26 heavy (non-hydrogen) atoms. The maximum absolute atomic E-state index is 12.4. The molecule has 0 radical (unpaired) electrons. The highest BCUT2D eigenvalue weighted by molar-refractivity contribution is 5.90. The Morgan fingerprint density at radius 3 is 2.38 bits per heavy atom. The fraction of sp³-hybridized carbons (Fsp3) is 0.619. The van der Waals surface area contributed by atoms with Gasteiger partial charge in [0.25, 0.3) is 0 Å². The number of benzene rings is 1. The monoisotopic (exact) mass is 355 g/mol.